The lowest BCUT2D eigenvalue weighted by atomic mass is 10.1. The Hall–Kier alpha value is -2.15. The van der Waals surface area contributed by atoms with Gasteiger partial charge in [0.1, 0.15) is 0 Å². The van der Waals surface area contributed by atoms with E-state index >= 15 is 0 Å². The molecule has 1 aromatic rings. The molecule has 0 aliphatic carbocycles. The molecule has 2 aliphatic heterocycles. The number of methoxy groups -OCH3 is 2. The predicted molar refractivity (Wildman–Crippen MR) is 90.0 cm³/mol. The molecule has 0 radical (unpaired) electrons. The molecule has 7 heteroatoms. The molecule has 23 heavy (non-hydrogen) atoms. The molecule has 1 saturated heterocycles. The average Bonchev–Trinajstić information content (AvgIpc) is 3.19. The van der Waals surface area contributed by atoms with Crippen LogP contribution in [0.2, 0.25) is 0 Å². The van der Waals surface area contributed by atoms with Crippen molar-refractivity contribution in [2.75, 3.05) is 27.3 Å². The number of carbonyl (C=O) groups is 1. The van der Waals surface area contributed by atoms with Gasteiger partial charge in [0.2, 0.25) is 5.75 Å². The van der Waals surface area contributed by atoms with Crippen LogP contribution < -0.4 is 9.47 Å². The molecular weight excluding hydrogens is 316 g/mol. The fraction of sp³-hybridized carbons (Fsp3) is 0.375. The van der Waals surface area contributed by atoms with Gasteiger partial charge in [0.05, 0.1) is 19.1 Å². The maximum atomic E-state index is 12.1. The predicted octanol–water partition coefficient (Wildman–Crippen LogP) is 2.48. The Morgan fingerprint density at radius 2 is 1.83 bits per heavy atom. The lowest BCUT2D eigenvalue weighted by Gasteiger charge is -2.14. The number of amidine groups is 1. The molecule has 2 aliphatic rings. The minimum Gasteiger partial charge on any atom is -0.502 e. The van der Waals surface area contributed by atoms with E-state index in [0.717, 1.165) is 31.1 Å². The molecule has 1 amide bonds. The van der Waals surface area contributed by atoms with Gasteiger partial charge in [-0.05, 0) is 48.4 Å². The highest BCUT2D eigenvalue weighted by Gasteiger charge is 2.27. The summed E-state index contributed by atoms with van der Waals surface area (Å²) in [5.74, 6) is 0.305. The summed E-state index contributed by atoms with van der Waals surface area (Å²) in [5, 5.41) is 10.7. The maximum absolute atomic E-state index is 12.1. The van der Waals surface area contributed by atoms with E-state index in [2.05, 4.69) is 9.89 Å². The number of aromatic hydroxyl groups is 1. The van der Waals surface area contributed by atoms with Gasteiger partial charge in [0, 0.05) is 13.1 Å². The number of thioether (sulfide) groups is 1. The summed E-state index contributed by atoms with van der Waals surface area (Å²) in [6.07, 6.45) is 4.02. The minimum atomic E-state index is -0.233. The van der Waals surface area contributed by atoms with E-state index < -0.39 is 0 Å². The lowest BCUT2D eigenvalue weighted by Crippen LogP contribution is -2.23. The fourth-order valence-electron chi connectivity index (χ4n) is 2.59. The van der Waals surface area contributed by atoms with Gasteiger partial charge < -0.3 is 19.5 Å². The van der Waals surface area contributed by atoms with Gasteiger partial charge in [-0.25, -0.2) is 0 Å². The van der Waals surface area contributed by atoms with E-state index in [9.17, 15) is 9.90 Å². The Kier molecular flexibility index (Phi) is 4.47. The van der Waals surface area contributed by atoms with Crippen LogP contribution in [0.4, 0.5) is 0 Å². The van der Waals surface area contributed by atoms with Crippen LogP contribution in [0.1, 0.15) is 18.4 Å². The van der Waals surface area contributed by atoms with Crippen molar-refractivity contribution in [2.45, 2.75) is 12.8 Å². The molecule has 1 fully saturated rings. The van der Waals surface area contributed by atoms with Crippen LogP contribution >= 0.6 is 11.8 Å². The van der Waals surface area contributed by atoms with Crippen LogP contribution in [0.3, 0.4) is 0 Å². The van der Waals surface area contributed by atoms with Crippen molar-refractivity contribution in [1.29, 1.82) is 0 Å². The Labute approximate surface area is 138 Å². The van der Waals surface area contributed by atoms with Crippen molar-refractivity contribution >= 4 is 28.9 Å². The van der Waals surface area contributed by atoms with Crippen molar-refractivity contribution in [3.8, 4) is 17.2 Å². The van der Waals surface area contributed by atoms with Gasteiger partial charge in [0.15, 0.2) is 16.7 Å². The van der Waals surface area contributed by atoms with Crippen molar-refractivity contribution < 1.29 is 19.4 Å². The molecule has 2 heterocycles. The van der Waals surface area contributed by atoms with Crippen molar-refractivity contribution in [3.05, 3.63) is 22.6 Å². The van der Waals surface area contributed by atoms with Crippen LogP contribution in [0.15, 0.2) is 22.0 Å². The molecule has 1 N–H and O–H groups in total. The third-order valence-corrected chi connectivity index (χ3v) is 4.83. The molecule has 122 valence electrons. The first kappa shape index (κ1) is 15.7. The standard InChI is InChI=1S/C16H18N2O4S/c1-21-11-7-10(8-12(22-2)14(11)19)9-13-15(20)17-16(23-13)18-5-3-4-6-18/h7-9,19H,3-6H2,1-2H3. The molecule has 0 unspecified atom stereocenters. The quantitative estimate of drug-likeness (QED) is 0.856. The highest BCUT2D eigenvalue weighted by Crippen LogP contribution is 2.39. The molecule has 0 spiro atoms. The second-order valence-corrected chi connectivity index (χ2v) is 6.29. The lowest BCUT2D eigenvalue weighted by molar-refractivity contribution is -0.113. The normalized spacial score (nSPS) is 19.4. The minimum absolute atomic E-state index is 0.0587. The largest absolute Gasteiger partial charge is 0.502 e. The van der Waals surface area contributed by atoms with Gasteiger partial charge >= 0.3 is 0 Å². The molecular formula is C16H18N2O4S. The number of carbonyl (C=O) groups excluding carboxylic acids is 1. The van der Waals surface area contributed by atoms with Gasteiger partial charge in [-0.3, -0.25) is 4.79 Å². The molecule has 1 aromatic carbocycles. The summed E-state index contributed by atoms with van der Waals surface area (Å²) in [6.45, 7) is 1.90. The molecule has 6 nitrogen and oxygen atoms in total. The number of amides is 1. The molecule has 3 rings (SSSR count). The van der Waals surface area contributed by atoms with E-state index in [1.165, 1.54) is 26.0 Å². The maximum Gasteiger partial charge on any atom is 0.286 e. The molecule has 0 aromatic heterocycles. The van der Waals surface area contributed by atoms with E-state index in [-0.39, 0.29) is 11.7 Å². The number of likely N-dealkylation sites (tertiary alicyclic amines) is 1. The Balaban J connectivity index is 1.86. The summed E-state index contributed by atoms with van der Waals surface area (Å²) < 4.78 is 10.3. The number of aliphatic imine (C=N–C) groups is 1. The second-order valence-electron chi connectivity index (χ2n) is 5.28. The number of rotatable bonds is 3. The summed E-state index contributed by atoms with van der Waals surface area (Å²) >= 11 is 1.39. The van der Waals surface area contributed by atoms with Gasteiger partial charge in [-0.1, -0.05) is 0 Å². The third kappa shape index (κ3) is 3.14. The zero-order valence-electron chi connectivity index (χ0n) is 13.0. The van der Waals surface area contributed by atoms with Gasteiger partial charge in [-0.2, -0.15) is 4.99 Å². The summed E-state index contributed by atoms with van der Waals surface area (Å²) in [4.78, 5) is 18.9. The monoisotopic (exact) mass is 334 g/mol. The van der Waals surface area contributed by atoms with Crippen LogP contribution in [0, 0.1) is 0 Å². The number of phenolic OH excluding ortho intramolecular Hbond substituents is 1. The number of phenols is 1. The Morgan fingerprint density at radius 1 is 1.22 bits per heavy atom. The Bertz CT molecular complexity index is 668. The van der Waals surface area contributed by atoms with Crippen LogP contribution in [0.5, 0.6) is 17.2 Å². The van der Waals surface area contributed by atoms with Gasteiger partial charge in [-0.15, -0.1) is 0 Å². The first-order chi connectivity index (χ1) is 11.1. The van der Waals surface area contributed by atoms with Crippen LogP contribution in [-0.2, 0) is 4.79 Å². The highest BCUT2D eigenvalue weighted by molar-refractivity contribution is 8.18. The number of ether oxygens (including phenoxy) is 2. The fourth-order valence-corrected chi connectivity index (χ4v) is 3.56. The molecule has 0 atom stereocenters. The van der Waals surface area contributed by atoms with Crippen LogP contribution in [0.25, 0.3) is 6.08 Å². The smallest absolute Gasteiger partial charge is 0.286 e. The van der Waals surface area contributed by atoms with Crippen molar-refractivity contribution in [3.63, 3.8) is 0 Å². The topological polar surface area (TPSA) is 71.4 Å². The van der Waals surface area contributed by atoms with E-state index in [1.54, 1.807) is 18.2 Å². The second kappa shape index (κ2) is 6.54. The van der Waals surface area contributed by atoms with E-state index in [1.807, 2.05) is 0 Å². The number of nitrogens with zero attached hydrogens (tertiary/aromatic N) is 2. The van der Waals surface area contributed by atoms with Gasteiger partial charge in [0.25, 0.3) is 5.91 Å². The average molecular weight is 334 g/mol. The number of benzene rings is 1. The molecule has 0 saturated carbocycles. The van der Waals surface area contributed by atoms with Crippen molar-refractivity contribution in [1.82, 2.24) is 4.90 Å². The zero-order chi connectivity index (χ0) is 16.4. The first-order valence-electron chi connectivity index (χ1n) is 7.35. The zero-order valence-corrected chi connectivity index (χ0v) is 13.9. The van der Waals surface area contributed by atoms with E-state index in [4.69, 9.17) is 9.47 Å². The van der Waals surface area contributed by atoms with Crippen molar-refractivity contribution in [2.24, 2.45) is 4.99 Å². The first-order valence-corrected chi connectivity index (χ1v) is 8.16. The SMILES string of the molecule is COc1cc(C=C2SC(N3CCCC3)=NC2=O)cc(OC)c1O. The summed E-state index contributed by atoms with van der Waals surface area (Å²) in [6, 6.07) is 3.32. The molecule has 0 bridgehead atoms. The highest BCUT2D eigenvalue weighted by atomic mass is 32.2. The van der Waals surface area contributed by atoms with E-state index in [0.29, 0.717) is 22.0 Å². The summed E-state index contributed by atoms with van der Waals surface area (Å²) in [7, 11) is 2.94. The number of hydrogen-bond donors (Lipinski definition) is 1. The third-order valence-electron chi connectivity index (χ3n) is 3.79. The number of hydrogen-bond acceptors (Lipinski definition) is 6. The summed E-state index contributed by atoms with van der Waals surface area (Å²) in [5.41, 5.74) is 0.713. The Morgan fingerprint density at radius 3 is 2.39 bits per heavy atom. The van der Waals surface area contributed by atoms with Crippen LogP contribution in [-0.4, -0.2) is 48.4 Å².